The molecule has 0 aliphatic carbocycles. The van der Waals surface area contributed by atoms with E-state index in [0.717, 1.165) is 38.3 Å². The molecule has 3 heterocycles. The monoisotopic (exact) mass is 499 g/mol. The maximum absolute atomic E-state index is 13.4. The van der Waals surface area contributed by atoms with Crippen LogP contribution in [-0.2, 0) is 4.79 Å². The molecule has 0 bridgehead atoms. The van der Waals surface area contributed by atoms with E-state index in [4.69, 9.17) is 16.3 Å². The highest BCUT2D eigenvalue weighted by Crippen LogP contribution is 2.30. The van der Waals surface area contributed by atoms with Gasteiger partial charge in [0.1, 0.15) is 5.02 Å². The number of nitrogens with zero attached hydrogens (tertiary/aromatic N) is 5. The van der Waals surface area contributed by atoms with Crippen molar-refractivity contribution >= 4 is 40.7 Å². The summed E-state index contributed by atoms with van der Waals surface area (Å²) in [5, 5.41) is 6.47. The molecule has 0 radical (unpaired) electrons. The first-order chi connectivity index (χ1) is 16.9. The first-order valence-electron chi connectivity index (χ1n) is 11.5. The Morgan fingerprint density at radius 1 is 1.23 bits per heavy atom. The number of benzene rings is 1. The van der Waals surface area contributed by atoms with Crippen LogP contribution in [0.1, 0.15) is 16.8 Å². The van der Waals surface area contributed by atoms with Crippen LogP contribution in [0.2, 0.25) is 5.02 Å². The number of methoxy groups -OCH3 is 1. The van der Waals surface area contributed by atoms with E-state index in [2.05, 4.69) is 44.0 Å². The van der Waals surface area contributed by atoms with Crippen LogP contribution in [0.5, 0.6) is 5.88 Å². The molecule has 2 aliphatic rings. The quantitative estimate of drug-likeness (QED) is 0.560. The number of likely N-dealkylation sites (tertiary alicyclic amines) is 1. The number of halogens is 1. The number of likely N-dealkylation sites (N-methyl/N-ethyl adjacent to an activating group) is 1. The fraction of sp³-hybridized carbons (Fsp3) is 0.417. The zero-order valence-electron chi connectivity index (χ0n) is 20.0. The number of anilines is 3. The normalized spacial score (nSPS) is 18.3. The average molecular weight is 500 g/mol. The van der Waals surface area contributed by atoms with Crippen LogP contribution < -0.4 is 20.3 Å². The lowest BCUT2D eigenvalue weighted by molar-refractivity contribution is -0.111. The summed E-state index contributed by atoms with van der Waals surface area (Å²) in [6, 6.07) is 5.43. The Kier molecular flexibility index (Phi) is 7.72. The van der Waals surface area contributed by atoms with Crippen LogP contribution in [0.25, 0.3) is 0 Å². The molecule has 2 aromatic rings. The van der Waals surface area contributed by atoms with Gasteiger partial charge in [-0.05, 0) is 37.7 Å². The summed E-state index contributed by atoms with van der Waals surface area (Å²) in [5.74, 6) is 0.371. The number of piperazine rings is 1. The zero-order chi connectivity index (χ0) is 24.9. The van der Waals surface area contributed by atoms with Crippen LogP contribution in [0, 0.1) is 0 Å². The molecule has 2 saturated heterocycles. The van der Waals surface area contributed by atoms with Crippen LogP contribution in [0.15, 0.2) is 37.1 Å². The lowest BCUT2D eigenvalue weighted by Gasteiger charge is -2.35. The van der Waals surface area contributed by atoms with Crippen molar-refractivity contribution in [2.45, 2.75) is 12.5 Å². The number of nitrogens with one attached hydrogen (secondary N) is 2. The van der Waals surface area contributed by atoms with Gasteiger partial charge < -0.3 is 30.1 Å². The molecule has 2 N–H and O–H groups in total. The minimum atomic E-state index is -0.283. The van der Waals surface area contributed by atoms with E-state index in [9.17, 15) is 9.59 Å². The highest BCUT2D eigenvalue weighted by Gasteiger charge is 2.29. The summed E-state index contributed by atoms with van der Waals surface area (Å²) in [4.78, 5) is 40.1. The second kappa shape index (κ2) is 10.9. The van der Waals surface area contributed by atoms with Crippen molar-refractivity contribution in [2.24, 2.45) is 0 Å². The molecule has 0 spiro atoms. The van der Waals surface area contributed by atoms with E-state index >= 15 is 0 Å². The van der Waals surface area contributed by atoms with Crippen molar-refractivity contribution in [3.8, 4) is 5.88 Å². The van der Waals surface area contributed by atoms with Gasteiger partial charge in [-0.3, -0.25) is 9.59 Å². The zero-order valence-corrected chi connectivity index (χ0v) is 20.7. The summed E-state index contributed by atoms with van der Waals surface area (Å²) in [6.07, 6.45) is 3.49. The van der Waals surface area contributed by atoms with Crippen LogP contribution in [-0.4, -0.2) is 91.0 Å². The number of carbonyl (C=O) groups is 2. The fourth-order valence-electron chi connectivity index (χ4n) is 4.25. The molecule has 11 heteroatoms. The number of carbonyl (C=O) groups excluding carboxylic acids is 2. The number of hydrogen-bond acceptors (Lipinski definition) is 8. The first kappa shape index (κ1) is 24.7. The minimum Gasteiger partial charge on any atom is -0.480 e. The molecule has 1 atom stereocenters. The van der Waals surface area contributed by atoms with E-state index in [1.807, 2.05) is 11.0 Å². The summed E-state index contributed by atoms with van der Waals surface area (Å²) < 4.78 is 5.15. The van der Waals surface area contributed by atoms with Gasteiger partial charge in [-0.1, -0.05) is 18.2 Å². The third kappa shape index (κ3) is 5.83. The van der Waals surface area contributed by atoms with Gasteiger partial charge in [-0.25, -0.2) is 4.98 Å². The van der Waals surface area contributed by atoms with Crippen molar-refractivity contribution in [2.75, 3.05) is 69.0 Å². The molecular weight excluding hydrogens is 470 g/mol. The van der Waals surface area contributed by atoms with Crippen molar-refractivity contribution in [3.63, 3.8) is 0 Å². The molecule has 1 aromatic heterocycles. The predicted octanol–water partition coefficient (Wildman–Crippen LogP) is 2.34. The van der Waals surface area contributed by atoms with Crippen molar-refractivity contribution < 1.29 is 14.3 Å². The third-order valence-corrected chi connectivity index (χ3v) is 6.51. The van der Waals surface area contributed by atoms with Crippen LogP contribution in [0.3, 0.4) is 0 Å². The molecular formula is C24H30ClN7O3. The molecule has 35 heavy (non-hydrogen) atoms. The Morgan fingerprint density at radius 3 is 2.71 bits per heavy atom. The average Bonchev–Trinajstić information content (AvgIpc) is 3.34. The summed E-state index contributed by atoms with van der Waals surface area (Å²) in [6.45, 7) is 8.10. The van der Waals surface area contributed by atoms with E-state index in [0.29, 0.717) is 41.2 Å². The largest absolute Gasteiger partial charge is 0.480 e. The topological polar surface area (TPSA) is 103 Å². The minimum absolute atomic E-state index is 0.00749. The maximum atomic E-state index is 13.4. The van der Waals surface area contributed by atoms with E-state index in [-0.39, 0.29) is 17.9 Å². The van der Waals surface area contributed by atoms with Gasteiger partial charge >= 0.3 is 0 Å². The highest BCUT2D eigenvalue weighted by molar-refractivity contribution is 6.31. The summed E-state index contributed by atoms with van der Waals surface area (Å²) >= 11 is 6.00. The molecule has 1 aromatic carbocycles. The molecule has 2 fully saturated rings. The molecule has 10 nitrogen and oxygen atoms in total. The lowest BCUT2D eigenvalue weighted by Crippen LogP contribution is -2.44. The van der Waals surface area contributed by atoms with Crippen molar-refractivity contribution in [3.05, 3.63) is 47.6 Å². The van der Waals surface area contributed by atoms with E-state index < -0.39 is 0 Å². The van der Waals surface area contributed by atoms with Crippen molar-refractivity contribution in [1.82, 2.24) is 19.8 Å². The Morgan fingerprint density at radius 2 is 2.00 bits per heavy atom. The number of ether oxygens (including phenoxy) is 1. The first-order valence-corrected chi connectivity index (χ1v) is 11.9. The van der Waals surface area contributed by atoms with E-state index in [1.54, 1.807) is 12.1 Å². The molecule has 0 unspecified atom stereocenters. The van der Waals surface area contributed by atoms with Gasteiger partial charge in [0.25, 0.3) is 5.91 Å². The van der Waals surface area contributed by atoms with Gasteiger partial charge in [0, 0.05) is 50.9 Å². The van der Waals surface area contributed by atoms with Gasteiger partial charge in [-0.2, -0.15) is 4.98 Å². The lowest BCUT2D eigenvalue weighted by atomic mass is 10.1. The van der Waals surface area contributed by atoms with Gasteiger partial charge in [-0.15, -0.1) is 0 Å². The Labute approximate surface area is 209 Å². The fourth-order valence-corrected chi connectivity index (χ4v) is 4.42. The number of rotatable bonds is 7. The Hall–Kier alpha value is -3.37. The molecule has 2 amide bonds. The number of aromatic nitrogens is 2. The van der Waals surface area contributed by atoms with E-state index in [1.165, 1.54) is 19.4 Å². The van der Waals surface area contributed by atoms with Gasteiger partial charge in [0.15, 0.2) is 0 Å². The SMILES string of the molecule is C=CC(=O)Nc1ccc(C(=O)N2CC[C@H](Nc3ncc(Cl)c(OC)n3)C2)cc1N1CCN(C)CC1. The number of amides is 2. The highest BCUT2D eigenvalue weighted by atomic mass is 35.5. The second-order valence-electron chi connectivity index (χ2n) is 8.65. The van der Waals surface area contributed by atoms with Gasteiger partial charge in [0.2, 0.25) is 17.7 Å². The van der Waals surface area contributed by atoms with Crippen molar-refractivity contribution in [1.29, 1.82) is 0 Å². The smallest absolute Gasteiger partial charge is 0.254 e. The van der Waals surface area contributed by atoms with Crippen LogP contribution >= 0.6 is 11.6 Å². The van der Waals surface area contributed by atoms with Crippen LogP contribution in [0.4, 0.5) is 17.3 Å². The predicted molar refractivity (Wildman–Crippen MR) is 137 cm³/mol. The third-order valence-electron chi connectivity index (χ3n) is 6.25. The Bertz CT molecular complexity index is 1100. The molecule has 2 aliphatic heterocycles. The van der Waals surface area contributed by atoms with Gasteiger partial charge in [0.05, 0.1) is 24.7 Å². The molecule has 0 saturated carbocycles. The second-order valence-corrected chi connectivity index (χ2v) is 9.05. The Balaban J connectivity index is 1.48. The summed E-state index contributed by atoms with van der Waals surface area (Å²) in [5.41, 5.74) is 2.10. The maximum Gasteiger partial charge on any atom is 0.254 e. The number of hydrogen-bond donors (Lipinski definition) is 2. The summed E-state index contributed by atoms with van der Waals surface area (Å²) in [7, 11) is 3.58. The molecule has 186 valence electrons. The standard InChI is InChI=1S/C24H30ClN7O3/c1-4-21(33)28-19-6-5-16(13-20(19)31-11-9-30(2)10-12-31)23(34)32-8-7-17(15-32)27-24-26-14-18(25)22(29-24)35-3/h4-6,13-14,17H,1,7-12,15H2,2-3H3,(H,28,33)(H,26,27,29)/t17-/m0/s1. The molecule has 4 rings (SSSR count).